The standard InChI is InChI=1S/C10H6ClF3IN3/c11-4-1-5-7(18-16)3-8(10(12,13)14)17-9(5)6(15)2-4/h1-3H,16H2,(H,17,18). The zero-order valence-corrected chi connectivity index (χ0v) is 11.6. The van der Waals surface area contributed by atoms with E-state index in [4.69, 9.17) is 17.4 Å². The van der Waals surface area contributed by atoms with Crippen LogP contribution in [0.15, 0.2) is 18.2 Å². The molecule has 0 atom stereocenters. The Morgan fingerprint density at radius 3 is 2.50 bits per heavy atom. The first-order chi connectivity index (χ1) is 8.32. The first kappa shape index (κ1) is 13.6. The van der Waals surface area contributed by atoms with Crippen molar-refractivity contribution in [2.75, 3.05) is 5.43 Å². The third kappa shape index (κ3) is 2.47. The first-order valence-corrected chi connectivity index (χ1v) is 6.12. The Hall–Kier alpha value is -0.800. The number of nitrogen functional groups attached to an aromatic ring is 1. The van der Waals surface area contributed by atoms with Crippen molar-refractivity contribution in [2.45, 2.75) is 6.18 Å². The van der Waals surface area contributed by atoms with E-state index in [1.807, 2.05) is 22.6 Å². The number of nitrogens with one attached hydrogen (secondary N) is 1. The molecule has 1 aromatic carbocycles. The number of nitrogens with zero attached hydrogens (tertiary/aromatic N) is 1. The van der Waals surface area contributed by atoms with Crippen LogP contribution in [-0.4, -0.2) is 4.98 Å². The fourth-order valence-electron chi connectivity index (χ4n) is 1.52. The largest absolute Gasteiger partial charge is 0.433 e. The topological polar surface area (TPSA) is 50.9 Å². The number of anilines is 1. The van der Waals surface area contributed by atoms with E-state index in [1.165, 1.54) is 12.1 Å². The van der Waals surface area contributed by atoms with E-state index in [2.05, 4.69) is 10.4 Å². The molecular weight excluding hydrogens is 381 g/mol. The molecule has 0 saturated heterocycles. The van der Waals surface area contributed by atoms with Crippen LogP contribution < -0.4 is 11.3 Å². The van der Waals surface area contributed by atoms with Crippen molar-refractivity contribution in [3.8, 4) is 0 Å². The highest BCUT2D eigenvalue weighted by molar-refractivity contribution is 14.1. The summed E-state index contributed by atoms with van der Waals surface area (Å²) in [4.78, 5) is 3.61. The SMILES string of the molecule is NNc1cc(C(F)(F)F)nc2c(I)cc(Cl)cc12. The molecule has 0 spiro atoms. The van der Waals surface area contributed by atoms with Crippen molar-refractivity contribution in [2.24, 2.45) is 5.84 Å². The molecular formula is C10H6ClF3IN3. The second kappa shape index (κ2) is 4.71. The quantitative estimate of drug-likeness (QED) is 0.445. The summed E-state index contributed by atoms with van der Waals surface area (Å²) in [7, 11) is 0. The molecule has 3 N–H and O–H groups in total. The van der Waals surface area contributed by atoms with Gasteiger partial charge >= 0.3 is 6.18 Å². The monoisotopic (exact) mass is 387 g/mol. The smallest absolute Gasteiger partial charge is 0.323 e. The highest BCUT2D eigenvalue weighted by atomic mass is 127. The molecule has 0 saturated carbocycles. The number of hydrogen-bond acceptors (Lipinski definition) is 3. The average molecular weight is 388 g/mol. The van der Waals surface area contributed by atoms with Crippen LogP contribution in [0.25, 0.3) is 10.9 Å². The zero-order chi connectivity index (χ0) is 13.5. The number of hydrazine groups is 1. The molecule has 0 aliphatic carbocycles. The second-order valence-corrected chi connectivity index (χ2v) is 5.08. The van der Waals surface area contributed by atoms with Crippen LogP contribution in [0.2, 0.25) is 5.02 Å². The number of pyridine rings is 1. The molecule has 0 radical (unpaired) electrons. The van der Waals surface area contributed by atoms with Gasteiger partial charge in [0.25, 0.3) is 0 Å². The molecule has 0 fully saturated rings. The van der Waals surface area contributed by atoms with Gasteiger partial charge < -0.3 is 5.43 Å². The summed E-state index contributed by atoms with van der Waals surface area (Å²) in [6.45, 7) is 0. The maximum atomic E-state index is 12.7. The van der Waals surface area contributed by atoms with Gasteiger partial charge in [-0.1, -0.05) is 11.6 Å². The molecule has 0 aliphatic heterocycles. The number of rotatable bonds is 1. The van der Waals surface area contributed by atoms with Gasteiger partial charge in [0.1, 0.15) is 5.69 Å². The Kier molecular flexibility index (Phi) is 3.56. The van der Waals surface area contributed by atoms with E-state index in [-0.39, 0.29) is 11.2 Å². The van der Waals surface area contributed by atoms with Crippen molar-refractivity contribution in [3.63, 3.8) is 0 Å². The molecule has 2 aromatic rings. The van der Waals surface area contributed by atoms with Crippen LogP contribution in [0.4, 0.5) is 18.9 Å². The molecule has 1 aromatic heterocycles. The van der Waals surface area contributed by atoms with E-state index in [1.54, 1.807) is 0 Å². The van der Waals surface area contributed by atoms with Crippen LogP contribution in [0.5, 0.6) is 0 Å². The average Bonchev–Trinajstić information content (AvgIpc) is 2.26. The van der Waals surface area contributed by atoms with Gasteiger partial charge in [-0.3, -0.25) is 5.84 Å². The van der Waals surface area contributed by atoms with Crippen molar-refractivity contribution in [1.29, 1.82) is 0 Å². The lowest BCUT2D eigenvalue weighted by Crippen LogP contribution is -2.13. The Bertz CT molecular complexity index is 615. The van der Waals surface area contributed by atoms with Crippen molar-refractivity contribution >= 4 is 50.8 Å². The fourth-order valence-corrected chi connectivity index (χ4v) is 2.67. The molecule has 2 rings (SSSR count). The summed E-state index contributed by atoms with van der Waals surface area (Å²) in [6.07, 6.45) is -4.53. The summed E-state index contributed by atoms with van der Waals surface area (Å²) >= 11 is 7.74. The van der Waals surface area contributed by atoms with Gasteiger partial charge in [0.05, 0.1) is 11.2 Å². The number of halogens is 5. The van der Waals surface area contributed by atoms with E-state index < -0.39 is 11.9 Å². The number of fused-ring (bicyclic) bond motifs is 1. The normalized spacial score (nSPS) is 11.9. The summed E-state index contributed by atoms with van der Waals surface area (Å²) < 4.78 is 38.6. The number of alkyl halides is 3. The maximum Gasteiger partial charge on any atom is 0.433 e. The lowest BCUT2D eigenvalue weighted by Gasteiger charge is -2.12. The highest BCUT2D eigenvalue weighted by Crippen LogP contribution is 2.35. The number of benzene rings is 1. The maximum absolute atomic E-state index is 12.7. The van der Waals surface area contributed by atoms with Gasteiger partial charge in [-0.15, -0.1) is 0 Å². The van der Waals surface area contributed by atoms with Crippen LogP contribution in [-0.2, 0) is 6.18 Å². The van der Waals surface area contributed by atoms with E-state index in [0.29, 0.717) is 14.0 Å². The van der Waals surface area contributed by atoms with Crippen molar-refractivity contribution < 1.29 is 13.2 Å². The Labute approximate surface area is 119 Å². The van der Waals surface area contributed by atoms with Gasteiger partial charge in [0, 0.05) is 14.0 Å². The summed E-state index contributed by atoms with van der Waals surface area (Å²) in [6, 6.07) is 3.91. The molecule has 18 heavy (non-hydrogen) atoms. The minimum Gasteiger partial charge on any atom is -0.323 e. The van der Waals surface area contributed by atoms with Crippen molar-refractivity contribution in [1.82, 2.24) is 4.98 Å². The number of hydrogen-bond donors (Lipinski definition) is 2. The molecule has 1 heterocycles. The molecule has 8 heteroatoms. The molecule has 0 bridgehead atoms. The Morgan fingerprint density at radius 2 is 1.94 bits per heavy atom. The zero-order valence-electron chi connectivity index (χ0n) is 8.65. The molecule has 0 amide bonds. The third-order valence-corrected chi connectivity index (χ3v) is 3.32. The lowest BCUT2D eigenvalue weighted by molar-refractivity contribution is -0.140. The predicted octanol–water partition coefficient (Wildman–Crippen LogP) is 3.80. The summed E-state index contributed by atoms with van der Waals surface area (Å²) in [5, 5.41) is 0.854. The molecule has 96 valence electrons. The van der Waals surface area contributed by atoms with Gasteiger partial charge in [0.15, 0.2) is 0 Å². The van der Waals surface area contributed by atoms with Gasteiger partial charge in [-0.25, -0.2) is 4.98 Å². The summed E-state index contributed by atoms with van der Waals surface area (Å²) in [5.41, 5.74) is 1.58. The predicted molar refractivity (Wildman–Crippen MR) is 72.3 cm³/mol. The molecule has 0 unspecified atom stereocenters. The fraction of sp³-hybridized carbons (Fsp3) is 0.100. The van der Waals surface area contributed by atoms with Gasteiger partial charge in [0.2, 0.25) is 0 Å². The van der Waals surface area contributed by atoms with Crippen LogP contribution >= 0.6 is 34.2 Å². The first-order valence-electron chi connectivity index (χ1n) is 4.66. The van der Waals surface area contributed by atoms with Crippen LogP contribution in [0, 0.1) is 3.57 Å². The van der Waals surface area contributed by atoms with E-state index in [0.717, 1.165) is 6.07 Å². The number of aromatic nitrogens is 1. The lowest BCUT2D eigenvalue weighted by atomic mass is 10.1. The van der Waals surface area contributed by atoms with Gasteiger partial charge in [-0.2, -0.15) is 13.2 Å². The summed E-state index contributed by atoms with van der Waals surface area (Å²) in [5.74, 6) is 5.24. The van der Waals surface area contributed by atoms with Gasteiger partial charge in [-0.05, 0) is 40.8 Å². The van der Waals surface area contributed by atoms with Crippen LogP contribution in [0.3, 0.4) is 0 Å². The third-order valence-electron chi connectivity index (χ3n) is 2.28. The molecule has 0 aliphatic rings. The molecule has 3 nitrogen and oxygen atoms in total. The van der Waals surface area contributed by atoms with E-state index in [9.17, 15) is 13.2 Å². The highest BCUT2D eigenvalue weighted by Gasteiger charge is 2.33. The van der Waals surface area contributed by atoms with Crippen molar-refractivity contribution in [3.05, 3.63) is 32.5 Å². The minimum atomic E-state index is -4.53. The Balaban J connectivity index is 2.84. The minimum absolute atomic E-state index is 0.132. The van der Waals surface area contributed by atoms with Crippen LogP contribution in [0.1, 0.15) is 5.69 Å². The number of nitrogens with two attached hydrogens (primary N) is 1. The van der Waals surface area contributed by atoms with E-state index >= 15 is 0 Å². The second-order valence-electron chi connectivity index (χ2n) is 3.48. The Morgan fingerprint density at radius 1 is 1.28 bits per heavy atom.